The largest absolute Gasteiger partial charge is 0.337 e. The molecule has 0 aromatic heterocycles. The molecule has 0 heterocycles. The van der Waals surface area contributed by atoms with E-state index in [1.807, 2.05) is 30.3 Å². The molecule has 0 N–H and O–H groups in total. The van der Waals surface area contributed by atoms with Gasteiger partial charge in [0.1, 0.15) is 0 Å². The number of carbonyl (C=O) groups excluding carboxylic acids is 1. The summed E-state index contributed by atoms with van der Waals surface area (Å²) in [6.45, 7) is 0.489. The van der Waals surface area contributed by atoms with Gasteiger partial charge in [-0.2, -0.15) is 5.26 Å². The van der Waals surface area contributed by atoms with Gasteiger partial charge in [-0.3, -0.25) is 4.79 Å². The molecule has 0 unspecified atom stereocenters. The quantitative estimate of drug-likeness (QED) is 0.840. The van der Waals surface area contributed by atoms with Gasteiger partial charge in [-0.25, -0.2) is 0 Å². The normalized spacial score (nSPS) is 9.68. The first kappa shape index (κ1) is 12.8. The van der Waals surface area contributed by atoms with Gasteiger partial charge >= 0.3 is 0 Å². The third-order valence-electron chi connectivity index (χ3n) is 2.84. The van der Waals surface area contributed by atoms with E-state index in [2.05, 4.69) is 6.07 Å². The summed E-state index contributed by atoms with van der Waals surface area (Å²) in [6.07, 6.45) is 0. The maximum atomic E-state index is 12.2. The summed E-state index contributed by atoms with van der Waals surface area (Å²) in [5, 5.41) is 8.85. The van der Waals surface area contributed by atoms with E-state index in [1.165, 1.54) is 0 Å². The summed E-state index contributed by atoms with van der Waals surface area (Å²) < 4.78 is 0. The Balaban J connectivity index is 2.11. The van der Waals surface area contributed by atoms with Gasteiger partial charge < -0.3 is 4.90 Å². The minimum atomic E-state index is -0.0250. The lowest BCUT2D eigenvalue weighted by atomic mass is 10.1. The number of hydrogen-bond donors (Lipinski definition) is 0. The molecule has 2 aromatic carbocycles. The van der Waals surface area contributed by atoms with E-state index >= 15 is 0 Å². The van der Waals surface area contributed by atoms with E-state index < -0.39 is 0 Å². The fourth-order valence-corrected chi connectivity index (χ4v) is 1.89. The highest BCUT2D eigenvalue weighted by atomic mass is 16.2. The Morgan fingerprint density at radius 1 is 1.16 bits per heavy atom. The molecule has 0 fully saturated rings. The molecule has 2 rings (SSSR count). The number of nitriles is 1. The Morgan fingerprint density at radius 2 is 1.89 bits per heavy atom. The Kier molecular flexibility index (Phi) is 3.94. The van der Waals surface area contributed by atoms with Crippen molar-refractivity contribution in [2.45, 2.75) is 6.54 Å². The van der Waals surface area contributed by atoms with E-state index in [4.69, 9.17) is 5.26 Å². The van der Waals surface area contributed by atoms with Crippen molar-refractivity contribution in [1.82, 2.24) is 4.90 Å². The van der Waals surface area contributed by atoms with Crippen LogP contribution < -0.4 is 0 Å². The monoisotopic (exact) mass is 250 g/mol. The smallest absolute Gasteiger partial charge is 0.253 e. The Hall–Kier alpha value is -2.60. The molecule has 3 nitrogen and oxygen atoms in total. The second-order valence-electron chi connectivity index (χ2n) is 4.34. The van der Waals surface area contributed by atoms with Crippen molar-refractivity contribution in [3.05, 3.63) is 71.3 Å². The standard InChI is InChI=1S/C16H14N2O/c1-18(16(19)15-8-3-2-4-9-15)12-14-7-5-6-13(10-14)11-17/h2-10H,12H2,1H3. The number of nitrogens with zero attached hydrogens (tertiary/aromatic N) is 2. The molecule has 0 atom stereocenters. The summed E-state index contributed by atoms with van der Waals surface area (Å²) in [4.78, 5) is 13.8. The molecule has 0 saturated heterocycles. The second-order valence-corrected chi connectivity index (χ2v) is 4.34. The van der Waals surface area contributed by atoms with Crippen LogP contribution in [0, 0.1) is 11.3 Å². The summed E-state index contributed by atoms with van der Waals surface area (Å²) >= 11 is 0. The van der Waals surface area contributed by atoms with E-state index in [9.17, 15) is 4.79 Å². The minimum Gasteiger partial charge on any atom is -0.337 e. The van der Waals surface area contributed by atoms with Crippen molar-refractivity contribution in [1.29, 1.82) is 5.26 Å². The molecule has 3 heteroatoms. The average Bonchev–Trinajstić information content (AvgIpc) is 2.47. The first-order valence-corrected chi connectivity index (χ1v) is 6.00. The number of benzene rings is 2. The van der Waals surface area contributed by atoms with Crippen LogP contribution in [0.5, 0.6) is 0 Å². The van der Waals surface area contributed by atoms with Crippen LogP contribution in [0.2, 0.25) is 0 Å². The first-order valence-electron chi connectivity index (χ1n) is 6.00. The molecule has 0 saturated carbocycles. The van der Waals surface area contributed by atoms with Gasteiger partial charge in [-0.05, 0) is 29.8 Å². The molecule has 0 aliphatic rings. The zero-order chi connectivity index (χ0) is 13.7. The third kappa shape index (κ3) is 3.20. The maximum absolute atomic E-state index is 12.2. The van der Waals surface area contributed by atoms with E-state index in [1.54, 1.807) is 36.2 Å². The Bertz CT molecular complexity index is 614. The molecule has 0 spiro atoms. The van der Waals surface area contributed by atoms with Crippen molar-refractivity contribution in [2.75, 3.05) is 7.05 Å². The van der Waals surface area contributed by atoms with Gasteiger partial charge in [0.25, 0.3) is 5.91 Å². The molecule has 19 heavy (non-hydrogen) atoms. The summed E-state index contributed by atoms with van der Waals surface area (Å²) in [6, 6.07) is 18.6. The van der Waals surface area contributed by atoms with E-state index in [0.717, 1.165) is 5.56 Å². The fraction of sp³-hybridized carbons (Fsp3) is 0.125. The molecule has 0 aliphatic carbocycles. The lowest BCUT2D eigenvalue weighted by Gasteiger charge is -2.17. The molecular weight excluding hydrogens is 236 g/mol. The SMILES string of the molecule is CN(Cc1cccc(C#N)c1)C(=O)c1ccccc1. The summed E-state index contributed by atoms with van der Waals surface area (Å²) in [5.74, 6) is -0.0250. The number of hydrogen-bond acceptors (Lipinski definition) is 2. The number of rotatable bonds is 3. The van der Waals surface area contributed by atoms with Crippen molar-refractivity contribution >= 4 is 5.91 Å². The highest BCUT2D eigenvalue weighted by Crippen LogP contribution is 2.10. The Labute approximate surface area is 112 Å². The van der Waals surface area contributed by atoms with Gasteiger partial charge in [-0.1, -0.05) is 30.3 Å². The second kappa shape index (κ2) is 5.83. The zero-order valence-electron chi connectivity index (χ0n) is 10.7. The highest BCUT2D eigenvalue weighted by molar-refractivity contribution is 5.93. The molecular formula is C16H14N2O. The first-order chi connectivity index (χ1) is 9.20. The molecule has 2 aromatic rings. The van der Waals surface area contributed by atoms with E-state index in [-0.39, 0.29) is 5.91 Å². The van der Waals surface area contributed by atoms with Gasteiger partial charge in [0.15, 0.2) is 0 Å². The van der Waals surface area contributed by atoms with Gasteiger partial charge in [-0.15, -0.1) is 0 Å². The van der Waals surface area contributed by atoms with Crippen LogP contribution in [0.1, 0.15) is 21.5 Å². The third-order valence-corrected chi connectivity index (χ3v) is 2.84. The van der Waals surface area contributed by atoms with Crippen LogP contribution in [-0.4, -0.2) is 17.9 Å². The van der Waals surface area contributed by atoms with Crippen LogP contribution in [0.4, 0.5) is 0 Å². The number of carbonyl (C=O) groups is 1. The summed E-state index contributed by atoms with van der Waals surface area (Å²) in [5.41, 5.74) is 2.23. The van der Waals surface area contributed by atoms with Crippen LogP contribution in [0.25, 0.3) is 0 Å². The minimum absolute atomic E-state index is 0.0250. The van der Waals surface area contributed by atoms with Crippen molar-refractivity contribution in [2.24, 2.45) is 0 Å². The molecule has 0 aliphatic heterocycles. The van der Waals surface area contributed by atoms with Gasteiger partial charge in [0, 0.05) is 19.2 Å². The predicted molar refractivity (Wildman–Crippen MR) is 73.4 cm³/mol. The number of amides is 1. The molecule has 0 bridgehead atoms. The maximum Gasteiger partial charge on any atom is 0.253 e. The highest BCUT2D eigenvalue weighted by Gasteiger charge is 2.11. The van der Waals surface area contributed by atoms with Crippen molar-refractivity contribution < 1.29 is 4.79 Å². The molecule has 94 valence electrons. The molecule has 1 amide bonds. The lowest BCUT2D eigenvalue weighted by Crippen LogP contribution is -2.26. The summed E-state index contributed by atoms with van der Waals surface area (Å²) in [7, 11) is 1.76. The van der Waals surface area contributed by atoms with Crippen molar-refractivity contribution in [3.8, 4) is 6.07 Å². The van der Waals surface area contributed by atoms with E-state index in [0.29, 0.717) is 17.7 Å². The Morgan fingerprint density at radius 3 is 2.58 bits per heavy atom. The predicted octanol–water partition coefficient (Wildman–Crippen LogP) is 2.83. The van der Waals surface area contributed by atoms with Crippen LogP contribution in [0.15, 0.2) is 54.6 Å². The van der Waals surface area contributed by atoms with Crippen molar-refractivity contribution in [3.63, 3.8) is 0 Å². The fourth-order valence-electron chi connectivity index (χ4n) is 1.89. The van der Waals surface area contributed by atoms with Crippen LogP contribution >= 0.6 is 0 Å². The molecule has 0 radical (unpaired) electrons. The van der Waals surface area contributed by atoms with Gasteiger partial charge in [0.2, 0.25) is 0 Å². The van der Waals surface area contributed by atoms with Crippen LogP contribution in [-0.2, 0) is 6.54 Å². The lowest BCUT2D eigenvalue weighted by molar-refractivity contribution is 0.0785. The topological polar surface area (TPSA) is 44.1 Å². The van der Waals surface area contributed by atoms with Crippen LogP contribution in [0.3, 0.4) is 0 Å². The van der Waals surface area contributed by atoms with Gasteiger partial charge in [0.05, 0.1) is 11.6 Å². The average molecular weight is 250 g/mol. The zero-order valence-corrected chi connectivity index (χ0v) is 10.7.